The summed E-state index contributed by atoms with van der Waals surface area (Å²) in [6.45, 7) is 1.96. The molecule has 17 heavy (non-hydrogen) atoms. The van der Waals surface area contributed by atoms with Gasteiger partial charge in [0.25, 0.3) is 5.69 Å². The van der Waals surface area contributed by atoms with Crippen LogP contribution in [0.1, 0.15) is 18.1 Å². The van der Waals surface area contributed by atoms with Crippen LogP contribution in [0.3, 0.4) is 0 Å². The molecule has 1 unspecified atom stereocenters. The van der Waals surface area contributed by atoms with Gasteiger partial charge in [-0.3, -0.25) is 10.1 Å². The molecule has 94 valence electrons. The molecule has 0 saturated carbocycles. The fraction of sp³-hybridized carbons (Fsp3) is 0.400. The van der Waals surface area contributed by atoms with Gasteiger partial charge in [-0.15, -0.1) is 0 Å². The van der Waals surface area contributed by atoms with Gasteiger partial charge < -0.3 is 5.11 Å². The van der Waals surface area contributed by atoms with Crippen molar-refractivity contribution in [3.05, 3.63) is 39.4 Å². The van der Waals surface area contributed by atoms with E-state index in [-0.39, 0.29) is 5.56 Å². The molecule has 1 atom stereocenters. The van der Waals surface area contributed by atoms with Crippen LogP contribution in [0.25, 0.3) is 0 Å². The SMILES string of the molecule is Cc1ccc(C(C)(O)C(F)(F)F)cc1[N+](=O)[O-]. The quantitative estimate of drug-likeness (QED) is 0.647. The number of aliphatic hydroxyl groups is 1. The average Bonchev–Trinajstić information content (AvgIpc) is 2.15. The summed E-state index contributed by atoms with van der Waals surface area (Å²) in [6.07, 6.45) is -4.89. The van der Waals surface area contributed by atoms with Gasteiger partial charge in [-0.25, -0.2) is 0 Å². The van der Waals surface area contributed by atoms with E-state index in [1.165, 1.54) is 13.0 Å². The molecular weight excluding hydrogens is 239 g/mol. The van der Waals surface area contributed by atoms with Crippen molar-refractivity contribution < 1.29 is 23.2 Å². The molecule has 0 bridgehead atoms. The van der Waals surface area contributed by atoms with Crippen molar-refractivity contribution in [2.24, 2.45) is 0 Å². The minimum absolute atomic E-state index is 0.233. The molecule has 0 heterocycles. The summed E-state index contributed by atoms with van der Waals surface area (Å²) in [6, 6.07) is 2.94. The van der Waals surface area contributed by atoms with Crippen molar-refractivity contribution in [1.82, 2.24) is 0 Å². The molecule has 0 saturated heterocycles. The van der Waals surface area contributed by atoms with Crippen molar-refractivity contribution in [1.29, 1.82) is 0 Å². The first-order valence-corrected chi connectivity index (χ1v) is 4.62. The van der Waals surface area contributed by atoms with Crippen LogP contribution in [0.2, 0.25) is 0 Å². The highest BCUT2D eigenvalue weighted by Gasteiger charge is 2.51. The van der Waals surface area contributed by atoms with Crippen LogP contribution in [0.5, 0.6) is 0 Å². The standard InChI is InChI=1S/C10H10F3NO3/c1-6-3-4-7(5-8(6)14(16)17)9(2,15)10(11,12)13/h3-5,15H,1-2H3. The molecule has 0 aliphatic rings. The second kappa shape index (κ2) is 3.99. The smallest absolute Gasteiger partial charge is 0.376 e. The van der Waals surface area contributed by atoms with Crippen LogP contribution >= 0.6 is 0 Å². The molecule has 1 aromatic carbocycles. The van der Waals surface area contributed by atoms with Gasteiger partial charge in [-0.2, -0.15) is 13.2 Å². The molecule has 4 nitrogen and oxygen atoms in total. The minimum Gasteiger partial charge on any atom is -0.376 e. The number of hydrogen-bond donors (Lipinski definition) is 1. The number of rotatable bonds is 2. The molecule has 0 aliphatic heterocycles. The Bertz CT molecular complexity index is 455. The molecule has 1 aromatic rings. The summed E-state index contributed by atoms with van der Waals surface area (Å²) in [5, 5.41) is 20.0. The zero-order chi connectivity index (χ0) is 13.4. The van der Waals surface area contributed by atoms with Crippen LogP contribution in [0.15, 0.2) is 18.2 Å². The number of nitro benzene ring substituents is 1. The summed E-state index contributed by atoms with van der Waals surface area (Å²) in [5.41, 5.74) is -3.88. The number of nitro groups is 1. The van der Waals surface area contributed by atoms with Gasteiger partial charge in [0.1, 0.15) is 0 Å². The second-order valence-electron chi connectivity index (χ2n) is 3.83. The summed E-state index contributed by atoms with van der Waals surface area (Å²) >= 11 is 0. The largest absolute Gasteiger partial charge is 0.421 e. The minimum atomic E-state index is -4.89. The third-order valence-electron chi connectivity index (χ3n) is 2.52. The Morgan fingerprint density at radius 2 is 1.88 bits per heavy atom. The highest BCUT2D eigenvalue weighted by atomic mass is 19.4. The van der Waals surface area contributed by atoms with Gasteiger partial charge in [0.15, 0.2) is 5.60 Å². The lowest BCUT2D eigenvalue weighted by Crippen LogP contribution is -2.39. The Kier molecular flexibility index (Phi) is 3.15. The Balaban J connectivity index is 3.35. The van der Waals surface area contributed by atoms with E-state index in [9.17, 15) is 28.4 Å². The lowest BCUT2D eigenvalue weighted by Gasteiger charge is -2.26. The number of aryl methyl sites for hydroxylation is 1. The number of alkyl halides is 3. The van der Waals surface area contributed by atoms with Gasteiger partial charge in [-0.05, 0) is 19.4 Å². The zero-order valence-electron chi connectivity index (χ0n) is 9.08. The first-order valence-electron chi connectivity index (χ1n) is 4.62. The van der Waals surface area contributed by atoms with Crippen molar-refractivity contribution in [3.63, 3.8) is 0 Å². The van der Waals surface area contributed by atoms with Crippen LogP contribution in [-0.2, 0) is 5.60 Å². The molecule has 1 rings (SSSR count). The van der Waals surface area contributed by atoms with E-state index in [0.717, 1.165) is 12.1 Å². The first kappa shape index (κ1) is 13.4. The molecule has 0 aliphatic carbocycles. The Hall–Kier alpha value is -1.63. The van der Waals surface area contributed by atoms with Gasteiger partial charge in [-0.1, -0.05) is 12.1 Å². The predicted octanol–water partition coefficient (Wildman–Crippen LogP) is 2.67. The molecule has 0 radical (unpaired) electrons. The average molecular weight is 249 g/mol. The van der Waals surface area contributed by atoms with Crippen LogP contribution in [0, 0.1) is 17.0 Å². The fourth-order valence-corrected chi connectivity index (χ4v) is 1.27. The topological polar surface area (TPSA) is 63.4 Å². The van der Waals surface area contributed by atoms with Crippen molar-refractivity contribution in [2.75, 3.05) is 0 Å². The Morgan fingerprint density at radius 1 is 1.35 bits per heavy atom. The van der Waals surface area contributed by atoms with Crippen LogP contribution in [-0.4, -0.2) is 16.2 Å². The van der Waals surface area contributed by atoms with E-state index in [1.807, 2.05) is 0 Å². The van der Waals surface area contributed by atoms with Crippen LogP contribution in [0.4, 0.5) is 18.9 Å². The fourth-order valence-electron chi connectivity index (χ4n) is 1.27. The summed E-state index contributed by atoms with van der Waals surface area (Å²) in [4.78, 5) is 9.81. The second-order valence-corrected chi connectivity index (χ2v) is 3.83. The number of halogens is 3. The summed E-state index contributed by atoms with van der Waals surface area (Å²) in [7, 11) is 0. The van der Waals surface area contributed by atoms with E-state index in [0.29, 0.717) is 6.92 Å². The highest BCUT2D eigenvalue weighted by Crippen LogP contribution is 2.39. The highest BCUT2D eigenvalue weighted by molar-refractivity contribution is 5.44. The van der Waals surface area contributed by atoms with Gasteiger partial charge in [0.05, 0.1) is 4.92 Å². The van der Waals surface area contributed by atoms with Crippen molar-refractivity contribution in [2.45, 2.75) is 25.6 Å². The van der Waals surface area contributed by atoms with E-state index in [2.05, 4.69) is 0 Å². The molecule has 0 spiro atoms. The van der Waals surface area contributed by atoms with Gasteiger partial charge in [0.2, 0.25) is 0 Å². The Morgan fingerprint density at radius 3 is 2.29 bits per heavy atom. The number of hydrogen-bond acceptors (Lipinski definition) is 3. The summed E-state index contributed by atoms with van der Waals surface area (Å²) < 4.78 is 37.6. The van der Waals surface area contributed by atoms with Crippen molar-refractivity contribution >= 4 is 5.69 Å². The predicted molar refractivity (Wildman–Crippen MR) is 53.5 cm³/mol. The molecule has 0 aromatic heterocycles. The molecular formula is C10H10F3NO3. The number of nitrogens with zero attached hydrogens (tertiary/aromatic N) is 1. The maximum Gasteiger partial charge on any atom is 0.421 e. The molecule has 0 fully saturated rings. The maximum atomic E-state index is 12.5. The van der Waals surface area contributed by atoms with E-state index in [4.69, 9.17) is 0 Å². The summed E-state index contributed by atoms with van der Waals surface area (Å²) in [5.74, 6) is 0. The van der Waals surface area contributed by atoms with E-state index in [1.54, 1.807) is 0 Å². The third kappa shape index (κ3) is 2.38. The van der Waals surface area contributed by atoms with Gasteiger partial charge >= 0.3 is 6.18 Å². The Labute approximate surface area is 94.8 Å². The normalized spacial score (nSPS) is 15.4. The van der Waals surface area contributed by atoms with E-state index < -0.39 is 28.0 Å². The van der Waals surface area contributed by atoms with E-state index >= 15 is 0 Å². The lowest BCUT2D eigenvalue weighted by molar-refractivity contribution is -0.385. The maximum absolute atomic E-state index is 12.5. The first-order chi connectivity index (χ1) is 7.57. The third-order valence-corrected chi connectivity index (χ3v) is 2.52. The number of benzene rings is 1. The molecule has 1 N–H and O–H groups in total. The molecule has 7 heteroatoms. The zero-order valence-corrected chi connectivity index (χ0v) is 9.08. The van der Waals surface area contributed by atoms with Crippen LogP contribution < -0.4 is 0 Å². The van der Waals surface area contributed by atoms with Crippen molar-refractivity contribution in [3.8, 4) is 0 Å². The van der Waals surface area contributed by atoms with Gasteiger partial charge in [0, 0.05) is 11.6 Å². The lowest BCUT2D eigenvalue weighted by atomic mass is 9.94. The molecule has 0 amide bonds. The monoisotopic (exact) mass is 249 g/mol.